The van der Waals surface area contributed by atoms with E-state index in [0.717, 1.165) is 50.2 Å². The van der Waals surface area contributed by atoms with E-state index in [2.05, 4.69) is 39.0 Å². The molecule has 0 radical (unpaired) electrons. The molecule has 2 atom stereocenters. The number of benzene rings is 1. The molecule has 26 heavy (non-hydrogen) atoms. The predicted octanol–water partition coefficient (Wildman–Crippen LogP) is 4.08. The topological polar surface area (TPSA) is 42.0 Å². The fraction of sp³-hybridized carbons (Fsp3) is 0.650. The molecule has 6 heteroatoms. The quantitative estimate of drug-likeness (QED) is 0.732. The van der Waals surface area contributed by atoms with Crippen molar-refractivity contribution in [1.29, 1.82) is 0 Å². The van der Waals surface area contributed by atoms with Crippen LogP contribution < -0.4 is 0 Å². The molecular formula is C20H29BrN2O3. The van der Waals surface area contributed by atoms with Crippen LogP contribution in [-0.2, 0) is 9.47 Å². The second-order valence-corrected chi connectivity index (χ2v) is 9.17. The summed E-state index contributed by atoms with van der Waals surface area (Å²) in [5, 5.41) is 0. The van der Waals surface area contributed by atoms with Gasteiger partial charge in [0.05, 0.1) is 12.7 Å². The summed E-state index contributed by atoms with van der Waals surface area (Å²) in [4.78, 5) is 16.6. The summed E-state index contributed by atoms with van der Waals surface area (Å²) < 4.78 is 12.6. The number of morpholine rings is 1. The highest BCUT2D eigenvalue weighted by molar-refractivity contribution is 9.10. The van der Waals surface area contributed by atoms with E-state index >= 15 is 0 Å². The minimum absolute atomic E-state index is 0.115. The largest absolute Gasteiger partial charge is 0.444 e. The zero-order valence-electron chi connectivity index (χ0n) is 15.9. The van der Waals surface area contributed by atoms with Crippen LogP contribution in [0.4, 0.5) is 4.79 Å². The standard InChI is InChI=1S/C20H29BrN2O3/c1-20(2,3)26-19(24)23-8-7-15(13-23)12-22-9-10-25-18(14-22)16-5-4-6-17(21)11-16/h4-6,11,15,18H,7-10,12-14H2,1-3H3/t15-,18-/m1/s1. The van der Waals surface area contributed by atoms with Gasteiger partial charge in [-0.3, -0.25) is 4.90 Å². The number of nitrogens with zero attached hydrogens (tertiary/aromatic N) is 2. The number of rotatable bonds is 3. The molecule has 0 aliphatic carbocycles. The average molecular weight is 425 g/mol. The van der Waals surface area contributed by atoms with E-state index in [0.29, 0.717) is 5.92 Å². The van der Waals surface area contributed by atoms with Gasteiger partial charge in [0.1, 0.15) is 5.60 Å². The average Bonchev–Trinajstić information content (AvgIpc) is 3.02. The molecule has 1 aromatic carbocycles. The van der Waals surface area contributed by atoms with Crippen LogP contribution in [0, 0.1) is 5.92 Å². The van der Waals surface area contributed by atoms with Crippen molar-refractivity contribution in [2.75, 3.05) is 39.3 Å². The lowest BCUT2D eigenvalue weighted by molar-refractivity contribution is -0.0343. The van der Waals surface area contributed by atoms with Crippen molar-refractivity contribution in [3.8, 4) is 0 Å². The molecule has 2 heterocycles. The van der Waals surface area contributed by atoms with Crippen LogP contribution in [0.5, 0.6) is 0 Å². The Hall–Kier alpha value is -1.11. The number of carbonyl (C=O) groups excluding carboxylic acids is 1. The number of hydrogen-bond donors (Lipinski definition) is 0. The zero-order valence-corrected chi connectivity index (χ0v) is 17.5. The van der Waals surface area contributed by atoms with Gasteiger partial charge >= 0.3 is 6.09 Å². The van der Waals surface area contributed by atoms with Crippen molar-refractivity contribution in [1.82, 2.24) is 9.80 Å². The van der Waals surface area contributed by atoms with Crippen molar-refractivity contribution in [3.63, 3.8) is 0 Å². The fourth-order valence-corrected chi connectivity index (χ4v) is 4.03. The Morgan fingerprint density at radius 2 is 2.12 bits per heavy atom. The Morgan fingerprint density at radius 3 is 2.85 bits per heavy atom. The summed E-state index contributed by atoms with van der Waals surface area (Å²) in [5.41, 5.74) is 0.780. The van der Waals surface area contributed by atoms with E-state index in [-0.39, 0.29) is 12.2 Å². The lowest BCUT2D eigenvalue weighted by Gasteiger charge is -2.34. The van der Waals surface area contributed by atoms with Crippen molar-refractivity contribution in [3.05, 3.63) is 34.3 Å². The van der Waals surface area contributed by atoms with Crippen LogP contribution in [0.15, 0.2) is 28.7 Å². The molecule has 0 N–H and O–H groups in total. The van der Waals surface area contributed by atoms with Crippen LogP contribution in [0.1, 0.15) is 38.9 Å². The van der Waals surface area contributed by atoms with Gasteiger partial charge in [0.2, 0.25) is 0 Å². The molecule has 2 aliphatic rings. The molecule has 144 valence electrons. The first-order chi connectivity index (χ1) is 12.3. The van der Waals surface area contributed by atoms with E-state index < -0.39 is 5.60 Å². The number of amides is 1. The van der Waals surface area contributed by atoms with Gasteiger partial charge in [-0.15, -0.1) is 0 Å². The number of hydrogen-bond acceptors (Lipinski definition) is 4. The van der Waals surface area contributed by atoms with E-state index in [1.54, 1.807) is 0 Å². The van der Waals surface area contributed by atoms with E-state index in [4.69, 9.17) is 9.47 Å². The maximum absolute atomic E-state index is 12.2. The first-order valence-electron chi connectivity index (χ1n) is 9.37. The first-order valence-corrected chi connectivity index (χ1v) is 10.2. The molecule has 0 saturated carbocycles. The van der Waals surface area contributed by atoms with E-state index in [1.807, 2.05) is 31.7 Å². The molecule has 2 aliphatic heterocycles. The number of ether oxygens (including phenoxy) is 2. The zero-order chi connectivity index (χ0) is 18.7. The van der Waals surface area contributed by atoms with Gasteiger partial charge in [-0.2, -0.15) is 0 Å². The Morgan fingerprint density at radius 1 is 1.31 bits per heavy atom. The molecule has 0 spiro atoms. The SMILES string of the molecule is CC(C)(C)OC(=O)N1CC[C@H](CN2CCO[C@@H](c3cccc(Br)c3)C2)C1. The maximum Gasteiger partial charge on any atom is 0.410 e. The molecule has 1 amide bonds. The molecule has 0 unspecified atom stereocenters. The van der Waals surface area contributed by atoms with Gasteiger partial charge in [0, 0.05) is 37.2 Å². The fourth-order valence-electron chi connectivity index (χ4n) is 3.62. The third-order valence-electron chi connectivity index (χ3n) is 4.82. The lowest BCUT2D eigenvalue weighted by atomic mass is 10.1. The first kappa shape index (κ1) is 19.6. The van der Waals surface area contributed by atoms with Crippen LogP contribution >= 0.6 is 15.9 Å². The van der Waals surface area contributed by atoms with Crippen LogP contribution in [0.2, 0.25) is 0 Å². The third-order valence-corrected chi connectivity index (χ3v) is 5.32. The van der Waals surface area contributed by atoms with Crippen LogP contribution in [0.25, 0.3) is 0 Å². The molecule has 2 fully saturated rings. The number of carbonyl (C=O) groups is 1. The van der Waals surface area contributed by atoms with Crippen LogP contribution in [0.3, 0.4) is 0 Å². The van der Waals surface area contributed by atoms with Crippen molar-refractivity contribution >= 4 is 22.0 Å². The van der Waals surface area contributed by atoms with Crippen molar-refractivity contribution in [2.24, 2.45) is 5.92 Å². The highest BCUT2D eigenvalue weighted by atomic mass is 79.9. The highest BCUT2D eigenvalue weighted by Crippen LogP contribution is 2.27. The van der Waals surface area contributed by atoms with Gasteiger partial charge in [-0.1, -0.05) is 28.1 Å². The maximum atomic E-state index is 12.2. The second kappa shape index (κ2) is 8.28. The van der Waals surface area contributed by atoms with Crippen molar-refractivity contribution < 1.29 is 14.3 Å². The second-order valence-electron chi connectivity index (χ2n) is 8.26. The van der Waals surface area contributed by atoms with Gasteiger partial charge in [-0.05, 0) is 50.8 Å². The Kier molecular flexibility index (Phi) is 6.25. The highest BCUT2D eigenvalue weighted by Gasteiger charge is 2.32. The monoisotopic (exact) mass is 424 g/mol. The normalized spacial score (nSPS) is 24.7. The summed E-state index contributed by atoms with van der Waals surface area (Å²) >= 11 is 3.54. The smallest absolute Gasteiger partial charge is 0.410 e. The third kappa shape index (κ3) is 5.44. The minimum atomic E-state index is -0.434. The molecule has 1 aromatic rings. The summed E-state index contributed by atoms with van der Waals surface area (Å²) in [7, 11) is 0. The lowest BCUT2D eigenvalue weighted by Crippen LogP contribution is -2.42. The number of likely N-dealkylation sites (tertiary alicyclic amines) is 1. The summed E-state index contributed by atoms with van der Waals surface area (Å²) in [6.07, 6.45) is 0.969. The minimum Gasteiger partial charge on any atom is -0.444 e. The molecule has 3 rings (SSSR count). The molecule has 5 nitrogen and oxygen atoms in total. The molecule has 2 saturated heterocycles. The van der Waals surface area contributed by atoms with Crippen molar-refractivity contribution in [2.45, 2.75) is 38.9 Å². The van der Waals surface area contributed by atoms with Gasteiger partial charge in [0.15, 0.2) is 0 Å². The molecular weight excluding hydrogens is 396 g/mol. The van der Waals surface area contributed by atoms with E-state index in [9.17, 15) is 4.79 Å². The van der Waals surface area contributed by atoms with E-state index in [1.165, 1.54) is 5.56 Å². The van der Waals surface area contributed by atoms with Gasteiger partial charge < -0.3 is 14.4 Å². The molecule has 0 bridgehead atoms. The Balaban J connectivity index is 1.51. The Bertz CT molecular complexity index is 632. The van der Waals surface area contributed by atoms with Gasteiger partial charge in [-0.25, -0.2) is 4.79 Å². The summed E-state index contributed by atoms with van der Waals surface area (Å²) in [6, 6.07) is 8.35. The predicted molar refractivity (Wildman–Crippen MR) is 105 cm³/mol. The van der Waals surface area contributed by atoms with Crippen LogP contribution in [-0.4, -0.2) is 60.8 Å². The summed E-state index contributed by atoms with van der Waals surface area (Å²) in [6.45, 7) is 10.9. The summed E-state index contributed by atoms with van der Waals surface area (Å²) in [5.74, 6) is 0.503. The Labute approximate surface area is 164 Å². The van der Waals surface area contributed by atoms with Gasteiger partial charge in [0.25, 0.3) is 0 Å². The number of halogens is 1. The molecule has 0 aromatic heterocycles.